The second kappa shape index (κ2) is 16.0. The highest BCUT2D eigenvalue weighted by molar-refractivity contribution is 5.88. The van der Waals surface area contributed by atoms with E-state index in [0.29, 0.717) is 19.3 Å². The average Bonchev–Trinajstić information content (AvgIpc) is 2.80. The fourth-order valence-corrected chi connectivity index (χ4v) is 2.77. The van der Waals surface area contributed by atoms with E-state index >= 15 is 0 Å². The average molecular weight is 457 g/mol. The first-order chi connectivity index (χ1) is 15.0. The Labute approximate surface area is 187 Å². The summed E-state index contributed by atoms with van der Waals surface area (Å²) in [6.45, 7) is 0.820. The molecule has 0 rings (SSSR count). The topological polar surface area (TPSA) is 217 Å². The molecule has 0 aromatic carbocycles. The lowest BCUT2D eigenvalue weighted by Gasteiger charge is -2.29. The number of nitrogens with one attached hydrogen (secondary N) is 3. The van der Waals surface area contributed by atoms with Crippen LogP contribution in [-0.4, -0.2) is 74.3 Å². The first-order valence-electron chi connectivity index (χ1n) is 10.5. The van der Waals surface area contributed by atoms with E-state index in [0.717, 1.165) is 0 Å². The van der Waals surface area contributed by atoms with Crippen LogP contribution in [0.1, 0.15) is 45.4 Å². The SMILES string of the molecule is CC(CCC(=O)CNC(=O)CN)(CCC(=O)CNC(=O)CN)CCC(=O)CNC(=O)CN. The third kappa shape index (κ3) is 14.3. The molecule has 182 valence electrons. The number of nitrogens with two attached hydrogens (primary N) is 3. The van der Waals surface area contributed by atoms with Crippen molar-refractivity contribution in [2.75, 3.05) is 39.3 Å². The third-order valence-corrected chi connectivity index (χ3v) is 5.03. The highest BCUT2D eigenvalue weighted by Crippen LogP contribution is 2.34. The Balaban J connectivity index is 4.83. The number of hydrogen-bond acceptors (Lipinski definition) is 9. The van der Waals surface area contributed by atoms with Crippen molar-refractivity contribution >= 4 is 35.1 Å². The maximum atomic E-state index is 12.1. The zero-order chi connectivity index (χ0) is 24.6. The van der Waals surface area contributed by atoms with Gasteiger partial charge >= 0.3 is 0 Å². The predicted octanol–water partition coefficient (Wildman–Crippen LogP) is -2.73. The number of rotatable bonds is 18. The van der Waals surface area contributed by atoms with Crippen LogP contribution in [0.5, 0.6) is 0 Å². The van der Waals surface area contributed by atoms with E-state index in [4.69, 9.17) is 17.2 Å². The van der Waals surface area contributed by atoms with Gasteiger partial charge in [-0.1, -0.05) is 6.92 Å². The van der Waals surface area contributed by atoms with Gasteiger partial charge in [0, 0.05) is 19.3 Å². The molecule has 0 saturated carbocycles. The van der Waals surface area contributed by atoms with E-state index in [9.17, 15) is 28.8 Å². The maximum Gasteiger partial charge on any atom is 0.234 e. The Morgan fingerprint density at radius 3 is 1.03 bits per heavy atom. The lowest BCUT2D eigenvalue weighted by molar-refractivity contribution is -0.125. The van der Waals surface area contributed by atoms with Crippen LogP contribution >= 0.6 is 0 Å². The first-order valence-corrected chi connectivity index (χ1v) is 10.5. The molecule has 0 aliphatic carbocycles. The Hall–Kier alpha value is -2.70. The van der Waals surface area contributed by atoms with Crippen molar-refractivity contribution < 1.29 is 28.8 Å². The van der Waals surface area contributed by atoms with Gasteiger partial charge in [-0.3, -0.25) is 28.8 Å². The molecule has 0 aliphatic heterocycles. The lowest BCUT2D eigenvalue weighted by atomic mass is 9.76. The van der Waals surface area contributed by atoms with Gasteiger partial charge in [-0.15, -0.1) is 0 Å². The minimum atomic E-state index is -0.519. The van der Waals surface area contributed by atoms with Crippen molar-refractivity contribution in [2.45, 2.75) is 45.4 Å². The molecule has 0 atom stereocenters. The second-order valence-electron chi connectivity index (χ2n) is 7.87. The molecule has 0 aromatic heterocycles. The number of hydrogen-bond donors (Lipinski definition) is 6. The molecular weight excluding hydrogens is 420 g/mol. The van der Waals surface area contributed by atoms with E-state index in [1.54, 1.807) is 0 Å². The summed E-state index contributed by atoms with van der Waals surface area (Å²) in [6, 6.07) is 0. The molecule has 0 fully saturated rings. The number of Topliss-reactive ketones (excluding diaryl/α,β-unsaturated/α-hetero) is 3. The summed E-state index contributed by atoms with van der Waals surface area (Å²) < 4.78 is 0. The van der Waals surface area contributed by atoms with Gasteiger partial charge in [0.2, 0.25) is 17.7 Å². The van der Waals surface area contributed by atoms with E-state index in [1.807, 2.05) is 6.92 Å². The van der Waals surface area contributed by atoms with Gasteiger partial charge in [0.1, 0.15) is 0 Å². The minimum absolute atomic E-state index is 0.139. The molecule has 0 saturated heterocycles. The molecule has 0 aliphatic rings. The maximum absolute atomic E-state index is 12.1. The van der Waals surface area contributed by atoms with Gasteiger partial charge < -0.3 is 33.2 Å². The van der Waals surface area contributed by atoms with E-state index in [-0.39, 0.29) is 75.9 Å². The predicted molar refractivity (Wildman–Crippen MR) is 117 cm³/mol. The van der Waals surface area contributed by atoms with Gasteiger partial charge in [0.25, 0.3) is 0 Å². The number of ketones is 3. The van der Waals surface area contributed by atoms with Crippen molar-refractivity contribution in [3.05, 3.63) is 0 Å². The van der Waals surface area contributed by atoms with E-state index in [1.165, 1.54) is 0 Å². The largest absolute Gasteiger partial charge is 0.348 e. The van der Waals surface area contributed by atoms with Gasteiger partial charge in [0.15, 0.2) is 17.3 Å². The highest BCUT2D eigenvalue weighted by atomic mass is 16.2. The van der Waals surface area contributed by atoms with Crippen molar-refractivity contribution in [1.29, 1.82) is 0 Å². The van der Waals surface area contributed by atoms with Crippen LogP contribution in [0.4, 0.5) is 0 Å². The summed E-state index contributed by atoms with van der Waals surface area (Å²) in [6.07, 6.45) is 1.65. The molecule has 0 spiro atoms. The monoisotopic (exact) mass is 456 g/mol. The summed E-state index contributed by atoms with van der Waals surface area (Å²) in [4.78, 5) is 69.9. The molecule has 0 radical (unpaired) electrons. The van der Waals surface area contributed by atoms with Crippen molar-refractivity contribution in [1.82, 2.24) is 16.0 Å². The second-order valence-corrected chi connectivity index (χ2v) is 7.87. The quantitative estimate of drug-likeness (QED) is 0.126. The minimum Gasteiger partial charge on any atom is -0.348 e. The Kier molecular flexibility index (Phi) is 14.7. The van der Waals surface area contributed by atoms with Crippen LogP contribution in [0.2, 0.25) is 0 Å². The standard InChI is InChI=1S/C20H36N6O6/c1-20(5-2-14(27)11-24-17(30)8-21,6-3-15(28)12-25-18(31)9-22)7-4-16(29)13-26-19(32)10-23/h2-13,21-23H2,1H3,(H,24,30)(H,25,31)(H,26,32). The fourth-order valence-electron chi connectivity index (χ4n) is 2.77. The number of carbonyl (C=O) groups excluding carboxylic acids is 6. The molecule has 9 N–H and O–H groups in total. The summed E-state index contributed by atoms with van der Waals surface area (Å²) >= 11 is 0. The Morgan fingerprint density at radius 2 is 0.812 bits per heavy atom. The molecule has 0 bridgehead atoms. The van der Waals surface area contributed by atoms with Gasteiger partial charge in [-0.2, -0.15) is 0 Å². The van der Waals surface area contributed by atoms with Crippen LogP contribution < -0.4 is 33.2 Å². The zero-order valence-electron chi connectivity index (χ0n) is 18.7. The van der Waals surface area contributed by atoms with Crippen molar-refractivity contribution in [3.63, 3.8) is 0 Å². The van der Waals surface area contributed by atoms with Gasteiger partial charge in [-0.25, -0.2) is 0 Å². The Bertz CT molecular complexity index is 593. The van der Waals surface area contributed by atoms with Gasteiger partial charge in [-0.05, 0) is 24.7 Å². The fraction of sp³-hybridized carbons (Fsp3) is 0.700. The lowest BCUT2D eigenvalue weighted by Crippen LogP contribution is -2.36. The van der Waals surface area contributed by atoms with Crippen LogP contribution in [0.3, 0.4) is 0 Å². The normalized spacial score (nSPS) is 10.9. The molecule has 3 amide bonds. The van der Waals surface area contributed by atoms with Crippen LogP contribution in [0, 0.1) is 5.41 Å². The van der Waals surface area contributed by atoms with E-state index < -0.39 is 23.1 Å². The van der Waals surface area contributed by atoms with Crippen molar-refractivity contribution in [2.24, 2.45) is 22.6 Å². The molecule has 12 nitrogen and oxygen atoms in total. The smallest absolute Gasteiger partial charge is 0.234 e. The first kappa shape index (κ1) is 29.3. The molecule has 0 heterocycles. The molecule has 32 heavy (non-hydrogen) atoms. The Morgan fingerprint density at radius 1 is 0.562 bits per heavy atom. The van der Waals surface area contributed by atoms with Crippen LogP contribution in [-0.2, 0) is 28.8 Å². The summed E-state index contributed by atoms with van der Waals surface area (Å²) in [5, 5.41) is 7.24. The zero-order valence-corrected chi connectivity index (χ0v) is 18.7. The molecular formula is C20H36N6O6. The van der Waals surface area contributed by atoms with Crippen LogP contribution in [0.15, 0.2) is 0 Å². The molecule has 0 unspecified atom stereocenters. The molecule has 0 aromatic rings. The third-order valence-electron chi connectivity index (χ3n) is 5.03. The summed E-state index contributed by atoms with van der Waals surface area (Å²) in [5.41, 5.74) is 15.0. The molecule has 12 heteroatoms. The summed E-state index contributed by atoms with van der Waals surface area (Å²) in [5.74, 6) is -1.88. The van der Waals surface area contributed by atoms with Crippen molar-refractivity contribution in [3.8, 4) is 0 Å². The highest BCUT2D eigenvalue weighted by Gasteiger charge is 2.27. The number of amides is 3. The van der Waals surface area contributed by atoms with Crippen LogP contribution in [0.25, 0.3) is 0 Å². The van der Waals surface area contributed by atoms with Gasteiger partial charge in [0.05, 0.1) is 39.3 Å². The van der Waals surface area contributed by atoms with E-state index in [2.05, 4.69) is 16.0 Å². The number of carbonyl (C=O) groups is 6. The summed E-state index contributed by atoms with van der Waals surface area (Å²) in [7, 11) is 0.